The largest absolute Gasteiger partial charge is 0.480 e. The van der Waals surface area contributed by atoms with E-state index in [0.717, 1.165) is 65.2 Å². The average molecular weight is 600 g/mol. The number of aromatic nitrogens is 2. The van der Waals surface area contributed by atoms with Crippen molar-refractivity contribution in [1.29, 1.82) is 0 Å². The van der Waals surface area contributed by atoms with E-state index in [0.29, 0.717) is 39.8 Å². The molecule has 2 aromatic heterocycles. The Hall–Kier alpha value is -4.11. The van der Waals surface area contributed by atoms with Gasteiger partial charge in [0.2, 0.25) is 11.8 Å². The highest BCUT2D eigenvalue weighted by Gasteiger charge is 2.21. The van der Waals surface area contributed by atoms with Crippen LogP contribution in [0.1, 0.15) is 24.0 Å². The average Bonchev–Trinajstić information content (AvgIpc) is 3.72. The summed E-state index contributed by atoms with van der Waals surface area (Å²) in [6, 6.07) is 18.7. The number of methoxy groups -OCH3 is 2. The third kappa shape index (κ3) is 4.75. The Bertz CT molecular complexity index is 1550. The zero-order chi connectivity index (χ0) is 27.6. The molecule has 0 bridgehead atoms. The van der Waals surface area contributed by atoms with E-state index in [1.54, 1.807) is 26.4 Å². The van der Waals surface area contributed by atoms with Crippen LogP contribution in [0.2, 0.25) is 0 Å². The molecular weight excluding hydrogens is 573 g/mol. The van der Waals surface area contributed by atoms with Crippen molar-refractivity contribution in [3.63, 3.8) is 0 Å². The maximum Gasteiger partial charge on any atom is 0.224 e. The molecule has 1 N–H and O–H groups in total. The van der Waals surface area contributed by atoms with E-state index >= 15 is 4.39 Å². The van der Waals surface area contributed by atoms with E-state index in [9.17, 15) is 0 Å². The van der Waals surface area contributed by atoms with Gasteiger partial charge in [0.1, 0.15) is 11.7 Å². The molecule has 0 spiro atoms. The van der Waals surface area contributed by atoms with E-state index in [1.807, 2.05) is 48.5 Å². The molecule has 6 rings (SSSR count). The van der Waals surface area contributed by atoms with Crippen molar-refractivity contribution in [2.24, 2.45) is 9.98 Å². The lowest BCUT2D eigenvalue weighted by Gasteiger charge is -2.15. The lowest BCUT2D eigenvalue weighted by atomic mass is 9.97. The molecule has 40 heavy (non-hydrogen) atoms. The number of nitrogens with one attached hydrogen (secondary N) is 1. The number of pyridine rings is 2. The summed E-state index contributed by atoms with van der Waals surface area (Å²) in [5.74, 6) is 1.33. The molecule has 0 amide bonds. The van der Waals surface area contributed by atoms with E-state index in [1.165, 1.54) is 0 Å². The molecule has 0 aliphatic carbocycles. The molecule has 0 atom stereocenters. The predicted molar refractivity (Wildman–Crippen MR) is 159 cm³/mol. The van der Waals surface area contributed by atoms with Crippen molar-refractivity contribution < 1.29 is 13.9 Å². The summed E-state index contributed by atoms with van der Waals surface area (Å²) in [5.41, 5.74) is 6.20. The third-order valence-corrected chi connectivity index (χ3v) is 7.92. The molecule has 202 valence electrons. The minimum absolute atomic E-state index is 0.368. The van der Waals surface area contributed by atoms with Gasteiger partial charge in [-0.05, 0) is 64.7 Å². The SMILES string of the molecule is COc1nc(-c2cccc(-c3cccc(-c4ccc(C5=NCCN5)c(OC)n4)c3Br)c2F)ccc1C1=NCCC1. The number of ether oxygens (including phenoxy) is 2. The monoisotopic (exact) mass is 599 g/mol. The molecule has 4 heterocycles. The number of rotatable bonds is 7. The molecule has 2 aromatic carbocycles. The first-order chi connectivity index (χ1) is 19.6. The second-order valence-corrected chi connectivity index (χ2v) is 10.2. The summed E-state index contributed by atoms with van der Waals surface area (Å²) in [4.78, 5) is 18.4. The Morgan fingerprint density at radius 3 is 2.05 bits per heavy atom. The first-order valence-corrected chi connectivity index (χ1v) is 13.9. The van der Waals surface area contributed by atoms with Crippen molar-refractivity contribution in [3.8, 4) is 45.4 Å². The molecule has 9 heteroatoms. The summed E-state index contributed by atoms with van der Waals surface area (Å²) in [6.07, 6.45) is 1.91. The number of hydrogen-bond acceptors (Lipinski definition) is 7. The molecule has 2 aliphatic rings. The summed E-state index contributed by atoms with van der Waals surface area (Å²) >= 11 is 3.74. The number of nitrogens with zero attached hydrogens (tertiary/aromatic N) is 4. The van der Waals surface area contributed by atoms with Crippen molar-refractivity contribution in [2.75, 3.05) is 33.9 Å². The normalized spacial score (nSPS) is 14.5. The van der Waals surface area contributed by atoms with Crippen LogP contribution in [0.5, 0.6) is 11.8 Å². The fourth-order valence-electron chi connectivity index (χ4n) is 5.11. The number of hydrogen-bond donors (Lipinski definition) is 1. The quantitative estimate of drug-likeness (QED) is 0.268. The molecule has 0 radical (unpaired) electrons. The van der Waals surface area contributed by atoms with Crippen molar-refractivity contribution in [1.82, 2.24) is 15.3 Å². The Labute approximate surface area is 240 Å². The highest BCUT2D eigenvalue weighted by atomic mass is 79.9. The van der Waals surface area contributed by atoms with Gasteiger partial charge in [0.25, 0.3) is 0 Å². The van der Waals surface area contributed by atoms with Gasteiger partial charge in [-0.3, -0.25) is 9.98 Å². The van der Waals surface area contributed by atoms with Gasteiger partial charge >= 0.3 is 0 Å². The Morgan fingerprint density at radius 2 is 1.38 bits per heavy atom. The lowest BCUT2D eigenvalue weighted by Crippen LogP contribution is -2.20. The zero-order valence-electron chi connectivity index (χ0n) is 22.2. The van der Waals surface area contributed by atoms with Crippen LogP contribution in [0.4, 0.5) is 4.39 Å². The van der Waals surface area contributed by atoms with E-state index in [-0.39, 0.29) is 5.82 Å². The van der Waals surface area contributed by atoms with Gasteiger partial charge in [0, 0.05) is 40.0 Å². The topological polar surface area (TPSA) is 81.0 Å². The molecule has 0 saturated heterocycles. The fraction of sp³-hybridized carbons (Fsp3) is 0.226. The van der Waals surface area contributed by atoms with Crippen LogP contribution in [-0.4, -0.2) is 55.4 Å². The maximum absolute atomic E-state index is 16.2. The van der Waals surface area contributed by atoms with E-state index in [2.05, 4.69) is 36.2 Å². The second kappa shape index (κ2) is 11.2. The van der Waals surface area contributed by atoms with Crippen LogP contribution in [-0.2, 0) is 0 Å². The van der Waals surface area contributed by atoms with E-state index in [4.69, 9.17) is 14.5 Å². The van der Waals surface area contributed by atoms with Gasteiger partial charge in [-0.1, -0.05) is 30.3 Å². The summed E-state index contributed by atoms with van der Waals surface area (Å²) in [6.45, 7) is 2.32. The number of amidine groups is 1. The van der Waals surface area contributed by atoms with Crippen molar-refractivity contribution >= 4 is 27.5 Å². The number of benzene rings is 2. The Morgan fingerprint density at radius 1 is 0.725 bits per heavy atom. The highest BCUT2D eigenvalue weighted by molar-refractivity contribution is 9.10. The molecule has 4 aromatic rings. The molecule has 2 aliphatic heterocycles. The van der Waals surface area contributed by atoms with Crippen molar-refractivity contribution in [2.45, 2.75) is 12.8 Å². The minimum Gasteiger partial charge on any atom is -0.480 e. The number of aliphatic imine (C=N–C) groups is 2. The zero-order valence-corrected chi connectivity index (χ0v) is 23.8. The van der Waals surface area contributed by atoms with Crippen LogP contribution in [0.15, 0.2) is 75.1 Å². The smallest absolute Gasteiger partial charge is 0.224 e. The second-order valence-electron chi connectivity index (χ2n) is 9.43. The number of halogens is 2. The summed E-state index contributed by atoms with van der Waals surface area (Å²) < 4.78 is 28.0. The molecule has 0 unspecified atom stereocenters. The molecule has 0 saturated carbocycles. The third-order valence-electron chi connectivity index (χ3n) is 7.06. The highest BCUT2D eigenvalue weighted by Crippen LogP contribution is 2.40. The molecule has 7 nitrogen and oxygen atoms in total. The Balaban J connectivity index is 1.39. The summed E-state index contributed by atoms with van der Waals surface area (Å²) in [5, 5.41) is 3.26. The van der Waals surface area contributed by atoms with Crippen LogP contribution < -0.4 is 14.8 Å². The standard InChI is InChI=1S/C31H27BrFN5O2/c1-39-30-22(24-10-5-15-34-24)11-13-26(38-30)21-9-4-7-19(28(21)33)18-6-3-8-20(27(18)32)25-14-12-23(31(37-25)40-2)29-35-16-17-36-29/h3-4,6-9,11-14H,5,10,15-17H2,1-2H3,(H,35,36). The minimum atomic E-state index is -0.368. The first kappa shape index (κ1) is 26.1. The van der Waals surface area contributed by atoms with Gasteiger partial charge in [-0.15, -0.1) is 0 Å². The van der Waals surface area contributed by atoms with Gasteiger partial charge in [0.15, 0.2) is 0 Å². The fourth-order valence-corrected chi connectivity index (χ4v) is 5.79. The molecule has 0 fully saturated rings. The predicted octanol–water partition coefficient (Wildman–Crippen LogP) is 6.33. The van der Waals surface area contributed by atoms with Crippen LogP contribution in [0, 0.1) is 5.82 Å². The van der Waals surface area contributed by atoms with E-state index < -0.39 is 0 Å². The first-order valence-electron chi connectivity index (χ1n) is 13.1. The maximum atomic E-state index is 16.2. The van der Waals surface area contributed by atoms with Crippen LogP contribution >= 0.6 is 15.9 Å². The summed E-state index contributed by atoms with van der Waals surface area (Å²) in [7, 11) is 3.17. The van der Waals surface area contributed by atoms with Gasteiger partial charge < -0.3 is 14.8 Å². The van der Waals surface area contributed by atoms with Crippen LogP contribution in [0.25, 0.3) is 33.6 Å². The van der Waals surface area contributed by atoms with Gasteiger partial charge in [-0.2, -0.15) is 0 Å². The Kier molecular flexibility index (Phi) is 7.30. The molecular formula is C31H27BrFN5O2. The van der Waals surface area contributed by atoms with Crippen molar-refractivity contribution in [3.05, 3.63) is 82.1 Å². The van der Waals surface area contributed by atoms with Gasteiger partial charge in [-0.25, -0.2) is 14.4 Å². The van der Waals surface area contributed by atoms with Crippen LogP contribution in [0.3, 0.4) is 0 Å². The lowest BCUT2D eigenvalue weighted by molar-refractivity contribution is 0.397. The van der Waals surface area contributed by atoms with Gasteiger partial charge in [0.05, 0.1) is 43.3 Å².